The van der Waals surface area contributed by atoms with Crippen LogP contribution in [-0.4, -0.2) is 23.0 Å². The maximum absolute atomic E-state index is 12.4. The molecule has 3 rings (SSSR count). The molecule has 0 aliphatic carbocycles. The highest BCUT2D eigenvalue weighted by molar-refractivity contribution is 5.84. The highest BCUT2D eigenvalue weighted by Crippen LogP contribution is 2.32. The van der Waals surface area contributed by atoms with Gasteiger partial charge in [-0.1, -0.05) is 60.7 Å². The van der Waals surface area contributed by atoms with E-state index >= 15 is 0 Å². The molecule has 23 heavy (non-hydrogen) atoms. The fraction of sp³-hybridized carbons (Fsp3) is 0.222. The molecule has 0 radical (unpaired) electrons. The van der Waals surface area contributed by atoms with Crippen molar-refractivity contribution in [2.75, 3.05) is 0 Å². The van der Waals surface area contributed by atoms with Gasteiger partial charge in [0.1, 0.15) is 12.6 Å². The van der Waals surface area contributed by atoms with Crippen LogP contribution in [0.5, 0.6) is 0 Å². The van der Waals surface area contributed by atoms with Gasteiger partial charge in [-0.15, -0.1) is 0 Å². The van der Waals surface area contributed by atoms with Crippen molar-refractivity contribution in [1.82, 2.24) is 4.90 Å². The van der Waals surface area contributed by atoms with Crippen LogP contribution in [-0.2, 0) is 20.9 Å². The van der Waals surface area contributed by atoms with Gasteiger partial charge in [0.2, 0.25) is 6.23 Å². The molecule has 1 heterocycles. The molecule has 0 saturated carbocycles. The predicted molar refractivity (Wildman–Crippen MR) is 83.2 cm³/mol. The Morgan fingerprint density at radius 1 is 1.09 bits per heavy atom. The molecule has 2 aromatic carbocycles. The number of carbonyl (C=O) groups excluding carboxylic acids is 2. The molecule has 0 aromatic heterocycles. The Morgan fingerprint density at radius 3 is 2.35 bits per heavy atom. The summed E-state index contributed by atoms with van der Waals surface area (Å²) in [6.07, 6.45) is -1.32. The van der Waals surface area contributed by atoms with Gasteiger partial charge in [-0.25, -0.2) is 9.59 Å². The van der Waals surface area contributed by atoms with Crippen LogP contribution >= 0.6 is 0 Å². The van der Waals surface area contributed by atoms with Gasteiger partial charge in [0.25, 0.3) is 0 Å². The van der Waals surface area contributed by atoms with Crippen LogP contribution in [0.2, 0.25) is 0 Å². The first kappa shape index (κ1) is 15.1. The lowest BCUT2D eigenvalue weighted by atomic mass is 10.2. The number of hydrogen-bond donors (Lipinski definition) is 0. The minimum atomic E-state index is -0.748. The summed E-state index contributed by atoms with van der Waals surface area (Å²) in [5, 5.41) is 0. The van der Waals surface area contributed by atoms with Gasteiger partial charge in [-0.2, -0.15) is 0 Å². The first-order valence-corrected chi connectivity index (χ1v) is 7.41. The molecule has 1 aliphatic rings. The van der Waals surface area contributed by atoms with Crippen LogP contribution in [0.3, 0.4) is 0 Å². The Balaban J connectivity index is 1.75. The maximum atomic E-state index is 12.4. The number of amides is 1. The molecular formula is C18H17NO4. The number of hydrogen-bond acceptors (Lipinski definition) is 4. The number of esters is 1. The third kappa shape index (κ3) is 3.18. The Kier molecular flexibility index (Phi) is 4.28. The van der Waals surface area contributed by atoms with Crippen molar-refractivity contribution in [2.24, 2.45) is 0 Å². The van der Waals surface area contributed by atoms with Gasteiger partial charge < -0.3 is 9.47 Å². The minimum Gasteiger partial charge on any atom is -0.444 e. The third-order valence-corrected chi connectivity index (χ3v) is 3.74. The van der Waals surface area contributed by atoms with E-state index in [9.17, 15) is 9.59 Å². The lowest BCUT2D eigenvalue weighted by Gasteiger charge is -2.24. The summed E-state index contributed by atoms with van der Waals surface area (Å²) in [6, 6.07) is 17.9. The number of cyclic esters (lactones) is 1. The van der Waals surface area contributed by atoms with E-state index in [4.69, 9.17) is 9.47 Å². The summed E-state index contributed by atoms with van der Waals surface area (Å²) in [7, 11) is 0. The van der Waals surface area contributed by atoms with Gasteiger partial charge in [0.05, 0.1) is 0 Å². The van der Waals surface area contributed by atoms with Gasteiger partial charge in [-0.05, 0) is 12.5 Å². The van der Waals surface area contributed by atoms with Crippen LogP contribution in [0.25, 0.3) is 0 Å². The second kappa shape index (κ2) is 6.52. The molecule has 2 atom stereocenters. The van der Waals surface area contributed by atoms with Crippen LogP contribution in [0.15, 0.2) is 60.7 Å². The van der Waals surface area contributed by atoms with E-state index in [1.54, 1.807) is 6.92 Å². The zero-order valence-electron chi connectivity index (χ0n) is 12.7. The predicted octanol–water partition coefficient (Wildman–Crippen LogP) is 3.27. The van der Waals surface area contributed by atoms with Gasteiger partial charge >= 0.3 is 12.1 Å². The molecule has 5 heteroatoms. The molecule has 1 fully saturated rings. The third-order valence-electron chi connectivity index (χ3n) is 3.74. The highest BCUT2D eigenvalue weighted by Gasteiger charge is 2.44. The molecule has 2 aromatic rings. The van der Waals surface area contributed by atoms with E-state index in [1.165, 1.54) is 4.90 Å². The van der Waals surface area contributed by atoms with Crippen LogP contribution in [0, 0.1) is 0 Å². The second-order valence-corrected chi connectivity index (χ2v) is 5.32. The van der Waals surface area contributed by atoms with Crippen molar-refractivity contribution in [3.05, 3.63) is 71.8 Å². The first-order chi connectivity index (χ1) is 11.2. The Morgan fingerprint density at radius 2 is 1.70 bits per heavy atom. The topological polar surface area (TPSA) is 55.8 Å². The zero-order chi connectivity index (χ0) is 16.2. The number of ether oxygens (including phenoxy) is 2. The van der Waals surface area contributed by atoms with E-state index in [-0.39, 0.29) is 6.61 Å². The molecule has 5 nitrogen and oxygen atoms in total. The van der Waals surface area contributed by atoms with Gasteiger partial charge in [0, 0.05) is 5.56 Å². The second-order valence-electron chi connectivity index (χ2n) is 5.32. The van der Waals surface area contributed by atoms with Crippen LogP contribution < -0.4 is 0 Å². The van der Waals surface area contributed by atoms with Crippen molar-refractivity contribution >= 4 is 12.1 Å². The van der Waals surface area contributed by atoms with E-state index in [2.05, 4.69) is 0 Å². The van der Waals surface area contributed by atoms with Crippen molar-refractivity contribution in [3.63, 3.8) is 0 Å². The highest BCUT2D eigenvalue weighted by atomic mass is 16.6. The SMILES string of the molecule is C[C@@H]1C(=O)OC(c2ccccc2)N1C(=O)OCc1ccccc1. The van der Waals surface area contributed by atoms with Crippen molar-refractivity contribution in [2.45, 2.75) is 25.8 Å². The summed E-state index contributed by atoms with van der Waals surface area (Å²) < 4.78 is 10.7. The summed E-state index contributed by atoms with van der Waals surface area (Å²) in [6.45, 7) is 1.79. The summed E-state index contributed by atoms with van der Waals surface area (Å²) in [5.41, 5.74) is 1.62. The van der Waals surface area contributed by atoms with Crippen molar-refractivity contribution in [1.29, 1.82) is 0 Å². The fourth-order valence-corrected chi connectivity index (χ4v) is 2.48. The quantitative estimate of drug-likeness (QED) is 0.816. The molecule has 1 saturated heterocycles. The Hall–Kier alpha value is -2.82. The molecule has 0 spiro atoms. The normalized spacial score (nSPS) is 20.2. The average Bonchev–Trinajstić information content (AvgIpc) is 2.90. The van der Waals surface area contributed by atoms with E-state index in [0.29, 0.717) is 0 Å². The first-order valence-electron chi connectivity index (χ1n) is 7.41. The number of carbonyl (C=O) groups is 2. The number of rotatable bonds is 3. The van der Waals surface area contributed by atoms with Gasteiger partial charge in [0.15, 0.2) is 0 Å². The van der Waals surface area contributed by atoms with Crippen LogP contribution in [0.4, 0.5) is 4.79 Å². The molecule has 0 bridgehead atoms. The average molecular weight is 311 g/mol. The zero-order valence-corrected chi connectivity index (χ0v) is 12.7. The lowest BCUT2D eigenvalue weighted by Crippen LogP contribution is -2.38. The maximum Gasteiger partial charge on any atom is 0.414 e. The number of nitrogens with zero attached hydrogens (tertiary/aromatic N) is 1. The molecule has 0 N–H and O–H groups in total. The van der Waals surface area contributed by atoms with E-state index < -0.39 is 24.3 Å². The molecule has 1 unspecified atom stereocenters. The molecule has 118 valence electrons. The summed E-state index contributed by atoms with van der Waals surface area (Å²) in [5.74, 6) is -0.435. The Bertz CT molecular complexity index is 687. The smallest absolute Gasteiger partial charge is 0.414 e. The molecular weight excluding hydrogens is 294 g/mol. The standard InChI is InChI=1S/C18H17NO4/c1-13-17(20)23-16(15-10-6-3-7-11-15)19(13)18(21)22-12-14-8-4-2-5-9-14/h2-11,13,16H,12H2,1H3/t13-,16?/m1/s1. The molecule has 1 amide bonds. The number of benzene rings is 2. The summed E-state index contributed by atoms with van der Waals surface area (Å²) >= 11 is 0. The van der Waals surface area contributed by atoms with E-state index in [1.807, 2.05) is 60.7 Å². The van der Waals surface area contributed by atoms with E-state index in [0.717, 1.165) is 11.1 Å². The van der Waals surface area contributed by atoms with Crippen molar-refractivity contribution in [3.8, 4) is 0 Å². The largest absolute Gasteiger partial charge is 0.444 e. The van der Waals surface area contributed by atoms with Gasteiger partial charge in [-0.3, -0.25) is 4.90 Å². The monoisotopic (exact) mass is 311 g/mol. The minimum absolute atomic E-state index is 0.151. The van der Waals surface area contributed by atoms with Crippen LogP contribution in [0.1, 0.15) is 24.3 Å². The van der Waals surface area contributed by atoms with Crippen molar-refractivity contribution < 1.29 is 19.1 Å². The lowest BCUT2D eigenvalue weighted by molar-refractivity contribution is -0.142. The fourth-order valence-electron chi connectivity index (χ4n) is 2.48. The molecule has 1 aliphatic heterocycles. The Labute approximate surface area is 134 Å². The summed E-state index contributed by atoms with van der Waals surface area (Å²) in [4.78, 5) is 25.6.